The molecule has 1 rings (SSSR count). The van der Waals surface area contributed by atoms with E-state index in [9.17, 15) is 9.59 Å². The Morgan fingerprint density at radius 1 is 1.43 bits per heavy atom. The number of hydrogen-bond acceptors (Lipinski definition) is 4. The summed E-state index contributed by atoms with van der Waals surface area (Å²) in [7, 11) is 0. The molecule has 0 bridgehead atoms. The zero-order valence-electron chi connectivity index (χ0n) is 11.3. The van der Waals surface area contributed by atoms with Gasteiger partial charge in [0.05, 0.1) is 6.07 Å². The molecule has 0 heterocycles. The van der Waals surface area contributed by atoms with E-state index in [1.54, 1.807) is 18.2 Å². The molecule has 1 amide bonds. The van der Waals surface area contributed by atoms with Gasteiger partial charge >= 0.3 is 0 Å². The highest BCUT2D eigenvalue weighted by Gasteiger charge is 2.26. The summed E-state index contributed by atoms with van der Waals surface area (Å²) in [6, 6.07) is 7.79. The molecule has 0 saturated carbocycles. The third kappa shape index (κ3) is 4.52. The van der Waals surface area contributed by atoms with Gasteiger partial charge in [-0.1, -0.05) is 12.0 Å². The summed E-state index contributed by atoms with van der Waals surface area (Å²) in [5, 5.41) is 11.4. The molecule has 5 heteroatoms. The molecule has 1 aromatic rings. The van der Waals surface area contributed by atoms with Crippen LogP contribution in [0.1, 0.15) is 10.4 Å². The van der Waals surface area contributed by atoms with E-state index in [-0.39, 0.29) is 18.7 Å². The van der Waals surface area contributed by atoms with Crippen LogP contribution < -0.4 is 10.1 Å². The van der Waals surface area contributed by atoms with Crippen LogP contribution in [0.15, 0.2) is 36.9 Å². The molecular formula is C16H14N2O3. The van der Waals surface area contributed by atoms with Gasteiger partial charge in [0.2, 0.25) is 5.91 Å². The Kier molecular flexibility index (Phi) is 6.24. The fourth-order valence-corrected chi connectivity index (χ4v) is 1.52. The average Bonchev–Trinajstić information content (AvgIpc) is 2.52. The number of nitriles is 1. The van der Waals surface area contributed by atoms with Gasteiger partial charge in [0.1, 0.15) is 12.4 Å². The van der Waals surface area contributed by atoms with E-state index in [0.29, 0.717) is 5.75 Å². The van der Waals surface area contributed by atoms with Crippen molar-refractivity contribution in [1.82, 2.24) is 5.32 Å². The van der Waals surface area contributed by atoms with Gasteiger partial charge in [0.25, 0.3) is 0 Å². The monoisotopic (exact) mass is 282 g/mol. The second kappa shape index (κ2) is 8.19. The summed E-state index contributed by atoms with van der Waals surface area (Å²) < 4.78 is 5.17. The van der Waals surface area contributed by atoms with Crippen molar-refractivity contribution in [3.05, 3.63) is 42.5 Å². The molecule has 5 nitrogen and oxygen atoms in total. The quantitative estimate of drug-likeness (QED) is 0.354. The van der Waals surface area contributed by atoms with Crippen LogP contribution in [0.25, 0.3) is 0 Å². The Labute approximate surface area is 123 Å². The van der Waals surface area contributed by atoms with Gasteiger partial charge in [-0.25, -0.2) is 0 Å². The number of nitrogens with zero attached hydrogens (tertiary/aromatic N) is 1. The molecule has 0 unspecified atom stereocenters. The largest absolute Gasteiger partial charge is 0.481 e. The summed E-state index contributed by atoms with van der Waals surface area (Å²) in [5.74, 6) is 0.233. The number of Topliss-reactive ketones (excluding diaryl/α,β-unsaturated/α-hetero) is 1. The zero-order chi connectivity index (χ0) is 15.7. The van der Waals surface area contributed by atoms with Crippen molar-refractivity contribution < 1.29 is 14.3 Å². The number of ether oxygens (including phenoxy) is 1. The summed E-state index contributed by atoms with van der Waals surface area (Å²) in [4.78, 5) is 23.8. The van der Waals surface area contributed by atoms with Crippen LogP contribution in [0, 0.1) is 29.6 Å². The number of carbonyl (C=O) groups excluding carboxylic acids is 2. The van der Waals surface area contributed by atoms with Gasteiger partial charge < -0.3 is 10.1 Å². The Bertz CT molecular complexity index is 606. The van der Waals surface area contributed by atoms with Crippen molar-refractivity contribution in [2.75, 3.05) is 13.2 Å². The van der Waals surface area contributed by atoms with Gasteiger partial charge in [0, 0.05) is 12.1 Å². The van der Waals surface area contributed by atoms with Crippen molar-refractivity contribution in [3.8, 4) is 24.2 Å². The molecule has 0 aliphatic rings. The predicted molar refractivity (Wildman–Crippen MR) is 77.4 cm³/mol. The van der Waals surface area contributed by atoms with Gasteiger partial charge in [-0.05, 0) is 24.3 Å². The highest BCUT2D eigenvalue weighted by molar-refractivity contribution is 6.12. The van der Waals surface area contributed by atoms with E-state index in [1.165, 1.54) is 18.2 Å². The van der Waals surface area contributed by atoms with E-state index in [2.05, 4.69) is 17.8 Å². The topological polar surface area (TPSA) is 79.2 Å². The van der Waals surface area contributed by atoms with Crippen LogP contribution in [0.3, 0.4) is 0 Å². The molecule has 0 aliphatic heterocycles. The molecule has 1 aromatic carbocycles. The Hall–Kier alpha value is -3.05. The van der Waals surface area contributed by atoms with Gasteiger partial charge in [-0.3, -0.25) is 9.59 Å². The first-order valence-electron chi connectivity index (χ1n) is 6.12. The number of benzene rings is 1. The molecule has 106 valence electrons. The number of carbonyl (C=O) groups is 2. The summed E-state index contributed by atoms with van der Waals surface area (Å²) in [6.07, 6.45) is 6.54. The Morgan fingerprint density at radius 3 is 2.62 bits per heavy atom. The van der Waals surface area contributed by atoms with Crippen LogP contribution >= 0.6 is 0 Å². The maximum atomic E-state index is 12.1. The molecule has 0 aromatic heterocycles. The number of hydrogen-bond donors (Lipinski definition) is 1. The molecule has 0 aliphatic carbocycles. The number of terminal acetylenes is 1. The van der Waals surface area contributed by atoms with E-state index in [1.807, 2.05) is 0 Å². The van der Waals surface area contributed by atoms with Crippen LogP contribution in [0.5, 0.6) is 5.75 Å². The van der Waals surface area contributed by atoms with E-state index in [0.717, 1.165) is 0 Å². The molecule has 21 heavy (non-hydrogen) atoms. The lowest BCUT2D eigenvalue weighted by Gasteiger charge is -2.09. The SMILES string of the molecule is C#CCOc1ccc(C(=O)[C@H](C#N)C(=O)NCC=C)cc1. The Morgan fingerprint density at radius 2 is 2.10 bits per heavy atom. The molecule has 0 radical (unpaired) electrons. The van der Waals surface area contributed by atoms with Crippen molar-refractivity contribution in [1.29, 1.82) is 5.26 Å². The molecule has 0 fully saturated rings. The summed E-state index contributed by atoms with van der Waals surface area (Å²) in [5.41, 5.74) is 0.253. The van der Waals surface area contributed by atoms with E-state index in [4.69, 9.17) is 16.4 Å². The highest BCUT2D eigenvalue weighted by atomic mass is 16.5. The number of amides is 1. The van der Waals surface area contributed by atoms with Crippen molar-refractivity contribution >= 4 is 11.7 Å². The van der Waals surface area contributed by atoms with Gasteiger partial charge in [-0.2, -0.15) is 5.26 Å². The third-order valence-electron chi connectivity index (χ3n) is 2.54. The first kappa shape index (κ1) is 16.0. The maximum Gasteiger partial charge on any atom is 0.245 e. The fourth-order valence-electron chi connectivity index (χ4n) is 1.52. The zero-order valence-corrected chi connectivity index (χ0v) is 11.3. The van der Waals surface area contributed by atoms with Gasteiger partial charge in [0.15, 0.2) is 11.7 Å². The second-order valence-electron chi connectivity index (χ2n) is 3.98. The number of rotatable bonds is 7. The highest BCUT2D eigenvalue weighted by Crippen LogP contribution is 2.15. The van der Waals surface area contributed by atoms with Crippen LogP contribution in [0.4, 0.5) is 0 Å². The first-order chi connectivity index (χ1) is 10.1. The molecule has 0 spiro atoms. The van der Waals surface area contributed by atoms with Crippen LogP contribution in [0.2, 0.25) is 0 Å². The smallest absolute Gasteiger partial charge is 0.245 e. The first-order valence-corrected chi connectivity index (χ1v) is 6.12. The lowest BCUT2D eigenvalue weighted by molar-refractivity contribution is -0.121. The lowest BCUT2D eigenvalue weighted by atomic mass is 9.98. The molecule has 0 saturated heterocycles. The summed E-state index contributed by atoms with van der Waals surface area (Å²) in [6.45, 7) is 3.77. The van der Waals surface area contributed by atoms with Crippen molar-refractivity contribution in [2.45, 2.75) is 0 Å². The lowest BCUT2D eigenvalue weighted by Crippen LogP contribution is -2.34. The maximum absolute atomic E-state index is 12.1. The van der Waals surface area contributed by atoms with Crippen LogP contribution in [-0.2, 0) is 4.79 Å². The van der Waals surface area contributed by atoms with Crippen LogP contribution in [-0.4, -0.2) is 24.8 Å². The molecule has 1 N–H and O–H groups in total. The molecule has 1 atom stereocenters. The Balaban J connectivity index is 2.81. The summed E-state index contributed by atoms with van der Waals surface area (Å²) >= 11 is 0. The number of ketones is 1. The fraction of sp³-hybridized carbons (Fsp3) is 0.188. The van der Waals surface area contributed by atoms with Crippen molar-refractivity contribution in [3.63, 3.8) is 0 Å². The number of nitrogens with one attached hydrogen (secondary N) is 1. The van der Waals surface area contributed by atoms with Crippen molar-refractivity contribution in [2.24, 2.45) is 5.92 Å². The molecular weight excluding hydrogens is 268 g/mol. The average molecular weight is 282 g/mol. The minimum absolute atomic E-state index is 0.123. The second-order valence-corrected chi connectivity index (χ2v) is 3.98. The third-order valence-corrected chi connectivity index (χ3v) is 2.54. The minimum Gasteiger partial charge on any atom is -0.481 e. The van der Waals surface area contributed by atoms with E-state index < -0.39 is 17.6 Å². The normalized spacial score (nSPS) is 10.6. The van der Waals surface area contributed by atoms with E-state index >= 15 is 0 Å². The van der Waals surface area contributed by atoms with Gasteiger partial charge in [-0.15, -0.1) is 13.0 Å². The predicted octanol–water partition coefficient (Wildman–Crippen LogP) is 1.32. The minimum atomic E-state index is -1.39. The standard InChI is InChI=1S/C16H14N2O3/c1-3-9-18-16(20)14(11-17)15(19)12-5-7-13(8-6-12)21-10-4-2/h2-3,5-8,14H,1,9-10H2,(H,18,20)/t14-/m0/s1.